The van der Waals surface area contributed by atoms with Gasteiger partial charge in [-0.1, -0.05) is 24.6 Å². The van der Waals surface area contributed by atoms with Gasteiger partial charge in [-0.15, -0.1) is 0 Å². The van der Waals surface area contributed by atoms with Crippen LogP contribution in [0.1, 0.15) is 24.5 Å². The van der Waals surface area contributed by atoms with Gasteiger partial charge in [0.2, 0.25) is 0 Å². The number of aryl methyl sites for hydroxylation is 1. The number of methoxy groups -OCH3 is 1. The molecule has 100 valence electrons. The Morgan fingerprint density at radius 1 is 1.39 bits per heavy atom. The quantitative estimate of drug-likeness (QED) is 0.889. The van der Waals surface area contributed by atoms with E-state index in [1.807, 2.05) is 6.07 Å². The Hall–Kier alpha value is -1.06. The SMILES string of the molecule is COc1ccc(C)cc1COC1CNCCC1C. The number of hydrogen-bond donors (Lipinski definition) is 1. The molecule has 2 rings (SSSR count). The molecule has 0 aliphatic carbocycles. The molecule has 1 fully saturated rings. The summed E-state index contributed by atoms with van der Waals surface area (Å²) in [5.74, 6) is 1.54. The molecular weight excluding hydrogens is 226 g/mol. The van der Waals surface area contributed by atoms with Crippen LogP contribution in [0.2, 0.25) is 0 Å². The first-order valence-electron chi connectivity index (χ1n) is 6.66. The van der Waals surface area contributed by atoms with Crippen molar-refractivity contribution < 1.29 is 9.47 Å². The largest absolute Gasteiger partial charge is 0.496 e. The third-order valence-electron chi connectivity index (χ3n) is 3.65. The predicted molar refractivity (Wildman–Crippen MR) is 73.0 cm³/mol. The van der Waals surface area contributed by atoms with Crippen molar-refractivity contribution in [2.24, 2.45) is 5.92 Å². The van der Waals surface area contributed by atoms with Crippen molar-refractivity contribution in [3.8, 4) is 5.75 Å². The number of piperidine rings is 1. The number of benzene rings is 1. The minimum atomic E-state index is 0.309. The first kappa shape index (κ1) is 13.4. The highest BCUT2D eigenvalue weighted by Gasteiger charge is 2.21. The van der Waals surface area contributed by atoms with Crippen molar-refractivity contribution in [3.05, 3.63) is 29.3 Å². The van der Waals surface area contributed by atoms with Crippen LogP contribution in [0, 0.1) is 12.8 Å². The molecule has 2 atom stereocenters. The molecule has 1 N–H and O–H groups in total. The summed E-state index contributed by atoms with van der Waals surface area (Å²) < 4.78 is 11.4. The van der Waals surface area contributed by atoms with Crippen molar-refractivity contribution in [2.75, 3.05) is 20.2 Å². The second kappa shape index (κ2) is 6.21. The van der Waals surface area contributed by atoms with E-state index in [0.29, 0.717) is 18.6 Å². The second-order valence-electron chi connectivity index (χ2n) is 5.13. The molecule has 3 heteroatoms. The molecule has 1 aromatic rings. The molecule has 1 saturated heterocycles. The van der Waals surface area contributed by atoms with Crippen LogP contribution in [0.5, 0.6) is 5.75 Å². The van der Waals surface area contributed by atoms with E-state index >= 15 is 0 Å². The average Bonchev–Trinajstić information content (AvgIpc) is 2.38. The monoisotopic (exact) mass is 249 g/mol. The molecule has 1 aliphatic heterocycles. The summed E-state index contributed by atoms with van der Waals surface area (Å²) in [7, 11) is 1.71. The summed E-state index contributed by atoms with van der Waals surface area (Å²) in [5, 5.41) is 3.39. The van der Waals surface area contributed by atoms with E-state index in [1.54, 1.807) is 7.11 Å². The summed E-state index contributed by atoms with van der Waals surface area (Å²) in [5.41, 5.74) is 2.37. The standard InChI is InChI=1S/C15H23NO2/c1-11-4-5-14(17-3)13(8-11)10-18-15-9-16-7-6-12(15)2/h4-5,8,12,15-16H,6-7,9-10H2,1-3H3. The summed E-state index contributed by atoms with van der Waals surface area (Å²) in [6.45, 7) is 7.04. The topological polar surface area (TPSA) is 30.5 Å². The van der Waals surface area contributed by atoms with Gasteiger partial charge in [0.25, 0.3) is 0 Å². The molecule has 0 radical (unpaired) electrons. The van der Waals surface area contributed by atoms with Gasteiger partial charge >= 0.3 is 0 Å². The van der Waals surface area contributed by atoms with E-state index in [9.17, 15) is 0 Å². The minimum Gasteiger partial charge on any atom is -0.496 e. The van der Waals surface area contributed by atoms with E-state index in [-0.39, 0.29) is 0 Å². The van der Waals surface area contributed by atoms with E-state index in [0.717, 1.165) is 24.4 Å². The molecule has 2 unspecified atom stereocenters. The maximum absolute atomic E-state index is 6.04. The smallest absolute Gasteiger partial charge is 0.124 e. The molecule has 0 aromatic heterocycles. The van der Waals surface area contributed by atoms with E-state index in [2.05, 4.69) is 31.3 Å². The first-order chi connectivity index (χ1) is 8.70. The van der Waals surface area contributed by atoms with Gasteiger partial charge in [0.1, 0.15) is 5.75 Å². The Labute approximate surface area is 109 Å². The normalized spacial score (nSPS) is 23.9. The van der Waals surface area contributed by atoms with Crippen LogP contribution < -0.4 is 10.1 Å². The lowest BCUT2D eigenvalue weighted by Gasteiger charge is -2.29. The van der Waals surface area contributed by atoms with Gasteiger partial charge in [-0.25, -0.2) is 0 Å². The fraction of sp³-hybridized carbons (Fsp3) is 0.600. The molecule has 0 saturated carbocycles. The van der Waals surface area contributed by atoms with Crippen LogP contribution in [0.3, 0.4) is 0 Å². The summed E-state index contributed by atoms with van der Waals surface area (Å²) in [6, 6.07) is 6.21. The molecule has 1 heterocycles. The van der Waals surface area contributed by atoms with Crippen molar-refractivity contribution in [3.63, 3.8) is 0 Å². The highest BCUT2D eigenvalue weighted by Crippen LogP contribution is 2.23. The Balaban J connectivity index is 1.98. The molecule has 0 spiro atoms. The van der Waals surface area contributed by atoms with Gasteiger partial charge in [-0.2, -0.15) is 0 Å². The van der Waals surface area contributed by atoms with Crippen molar-refractivity contribution in [2.45, 2.75) is 33.0 Å². The zero-order valence-electron chi connectivity index (χ0n) is 11.5. The van der Waals surface area contributed by atoms with Gasteiger partial charge < -0.3 is 14.8 Å². The minimum absolute atomic E-state index is 0.309. The van der Waals surface area contributed by atoms with Crippen LogP contribution in [-0.2, 0) is 11.3 Å². The number of nitrogens with one attached hydrogen (secondary N) is 1. The maximum Gasteiger partial charge on any atom is 0.124 e. The average molecular weight is 249 g/mol. The molecule has 1 aromatic carbocycles. The van der Waals surface area contributed by atoms with Crippen LogP contribution >= 0.6 is 0 Å². The van der Waals surface area contributed by atoms with Gasteiger partial charge in [-0.3, -0.25) is 0 Å². The van der Waals surface area contributed by atoms with Crippen LogP contribution in [0.15, 0.2) is 18.2 Å². The van der Waals surface area contributed by atoms with Crippen LogP contribution in [0.4, 0.5) is 0 Å². The molecule has 1 aliphatic rings. The fourth-order valence-corrected chi connectivity index (χ4v) is 2.40. The Morgan fingerprint density at radius 3 is 2.94 bits per heavy atom. The van der Waals surface area contributed by atoms with E-state index < -0.39 is 0 Å². The third-order valence-corrected chi connectivity index (χ3v) is 3.65. The van der Waals surface area contributed by atoms with Crippen molar-refractivity contribution in [1.29, 1.82) is 0 Å². The summed E-state index contributed by atoms with van der Waals surface area (Å²) in [4.78, 5) is 0. The van der Waals surface area contributed by atoms with Crippen molar-refractivity contribution >= 4 is 0 Å². The van der Waals surface area contributed by atoms with Crippen molar-refractivity contribution in [1.82, 2.24) is 5.32 Å². The molecular formula is C15H23NO2. The summed E-state index contributed by atoms with van der Waals surface area (Å²) in [6.07, 6.45) is 1.50. The predicted octanol–water partition coefficient (Wildman–Crippen LogP) is 2.52. The Morgan fingerprint density at radius 2 is 2.22 bits per heavy atom. The van der Waals surface area contributed by atoms with Gasteiger partial charge in [0.05, 0.1) is 19.8 Å². The van der Waals surface area contributed by atoms with Crippen LogP contribution in [-0.4, -0.2) is 26.3 Å². The fourth-order valence-electron chi connectivity index (χ4n) is 2.40. The summed E-state index contributed by atoms with van der Waals surface area (Å²) >= 11 is 0. The molecule has 18 heavy (non-hydrogen) atoms. The first-order valence-corrected chi connectivity index (χ1v) is 6.66. The maximum atomic E-state index is 6.04. The molecule has 0 amide bonds. The van der Waals surface area contributed by atoms with Gasteiger partial charge in [-0.05, 0) is 31.9 Å². The van der Waals surface area contributed by atoms with Gasteiger partial charge in [0, 0.05) is 12.1 Å². The van der Waals surface area contributed by atoms with E-state index in [4.69, 9.17) is 9.47 Å². The molecule has 3 nitrogen and oxygen atoms in total. The van der Waals surface area contributed by atoms with E-state index in [1.165, 1.54) is 12.0 Å². The molecule has 0 bridgehead atoms. The lowest BCUT2D eigenvalue weighted by atomic mass is 9.97. The highest BCUT2D eigenvalue weighted by atomic mass is 16.5. The number of ether oxygens (including phenoxy) is 2. The Kier molecular flexibility index (Phi) is 4.61. The zero-order valence-corrected chi connectivity index (χ0v) is 11.5. The van der Waals surface area contributed by atoms with Crippen LogP contribution in [0.25, 0.3) is 0 Å². The lowest BCUT2D eigenvalue weighted by Crippen LogP contribution is -2.40. The van der Waals surface area contributed by atoms with Gasteiger partial charge in [0.15, 0.2) is 0 Å². The second-order valence-corrected chi connectivity index (χ2v) is 5.13. The highest BCUT2D eigenvalue weighted by molar-refractivity contribution is 5.36. The zero-order chi connectivity index (χ0) is 13.0. The third kappa shape index (κ3) is 3.24. The Bertz CT molecular complexity index is 392. The number of hydrogen-bond acceptors (Lipinski definition) is 3. The lowest BCUT2D eigenvalue weighted by molar-refractivity contribution is -0.00726. The number of rotatable bonds is 4.